The third-order valence-corrected chi connectivity index (χ3v) is 2.60. The van der Waals surface area contributed by atoms with E-state index in [4.69, 9.17) is 24.7 Å². The largest absolute Gasteiger partial charge is 0.509 e. The lowest BCUT2D eigenvalue weighted by Crippen LogP contribution is -2.40. The van der Waals surface area contributed by atoms with Gasteiger partial charge in [0.1, 0.15) is 11.7 Å². The number of nitrogens with zero attached hydrogens (tertiary/aromatic N) is 1. The molecule has 1 saturated heterocycles. The molecule has 2 rings (SSSR count). The SMILES string of the molecule is CC(C)(C)OC(=O)O[C@H]1[C@@H]2OC(N)=N[C@@H]2O[C@@H]1CO. The lowest BCUT2D eigenvalue weighted by atomic mass is 10.1. The number of nitrogens with two attached hydrogens (primary N) is 1. The molecule has 108 valence electrons. The number of aliphatic imine (C=N–C) groups is 1. The second-order valence-corrected chi connectivity index (χ2v) is 5.34. The Hall–Kier alpha value is -1.54. The number of carbonyl (C=O) groups excluding carboxylic acids is 1. The highest BCUT2D eigenvalue weighted by molar-refractivity contribution is 5.73. The van der Waals surface area contributed by atoms with Gasteiger partial charge in [-0.1, -0.05) is 0 Å². The molecule has 0 radical (unpaired) electrons. The second-order valence-electron chi connectivity index (χ2n) is 5.34. The zero-order valence-electron chi connectivity index (χ0n) is 11.0. The number of hydrogen-bond acceptors (Lipinski definition) is 8. The molecule has 0 aromatic heterocycles. The van der Waals surface area contributed by atoms with Crippen LogP contribution < -0.4 is 5.73 Å². The van der Waals surface area contributed by atoms with E-state index in [2.05, 4.69) is 4.99 Å². The minimum atomic E-state index is -0.853. The zero-order chi connectivity index (χ0) is 14.2. The quantitative estimate of drug-likeness (QED) is 0.667. The number of hydrogen-bond donors (Lipinski definition) is 2. The highest BCUT2D eigenvalue weighted by Gasteiger charge is 2.52. The molecule has 0 aromatic carbocycles. The van der Waals surface area contributed by atoms with E-state index in [1.807, 2.05) is 0 Å². The van der Waals surface area contributed by atoms with E-state index in [1.165, 1.54) is 0 Å². The van der Waals surface area contributed by atoms with Crippen molar-refractivity contribution in [3.63, 3.8) is 0 Å². The first-order valence-electron chi connectivity index (χ1n) is 5.96. The van der Waals surface area contributed by atoms with Crippen molar-refractivity contribution in [2.45, 2.75) is 50.9 Å². The number of rotatable bonds is 2. The van der Waals surface area contributed by atoms with Crippen LogP contribution in [0, 0.1) is 0 Å². The maximum Gasteiger partial charge on any atom is 0.509 e. The third-order valence-electron chi connectivity index (χ3n) is 2.60. The van der Waals surface area contributed by atoms with Crippen LogP contribution in [-0.2, 0) is 18.9 Å². The first-order chi connectivity index (χ1) is 8.80. The Morgan fingerprint density at radius 3 is 2.79 bits per heavy atom. The topological polar surface area (TPSA) is 113 Å². The predicted octanol–water partition coefficient (Wildman–Crippen LogP) is -0.263. The van der Waals surface area contributed by atoms with Crippen molar-refractivity contribution >= 4 is 12.2 Å². The van der Waals surface area contributed by atoms with Gasteiger partial charge in [-0.05, 0) is 20.8 Å². The molecule has 0 bridgehead atoms. The number of aliphatic hydroxyl groups excluding tert-OH is 1. The van der Waals surface area contributed by atoms with Gasteiger partial charge < -0.3 is 29.8 Å². The summed E-state index contributed by atoms with van der Waals surface area (Å²) in [5, 5.41) is 9.21. The standard InChI is InChI=1S/C11H18N2O6/c1-11(2,3)19-10(15)18-6-5(4-14)16-8-7(6)17-9(12)13-8/h5-8,14H,4H2,1-3H3,(H2,12,13)/t5-,6-,7+,8-/m1/s1. The van der Waals surface area contributed by atoms with Gasteiger partial charge in [0.2, 0.25) is 0 Å². The Morgan fingerprint density at radius 1 is 1.53 bits per heavy atom. The highest BCUT2D eigenvalue weighted by Crippen LogP contribution is 2.31. The molecular weight excluding hydrogens is 256 g/mol. The summed E-state index contributed by atoms with van der Waals surface area (Å²) < 4.78 is 20.8. The number of aliphatic hydroxyl groups is 1. The minimum Gasteiger partial charge on any atom is -0.453 e. The molecule has 0 spiro atoms. The summed E-state index contributed by atoms with van der Waals surface area (Å²) in [6.45, 7) is 4.84. The Labute approximate surface area is 110 Å². The summed E-state index contributed by atoms with van der Waals surface area (Å²) in [4.78, 5) is 15.5. The van der Waals surface area contributed by atoms with Crippen molar-refractivity contribution in [1.29, 1.82) is 0 Å². The van der Waals surface area contributed by atoms with E-state index in [0.717, 1.165) is 0 Å². The molecule has 0 aromatic rings. The smallest absolute Gasteiger partial charge is 0.453 e. The van der Waals surface area contributed by atoms with Crippen molar-refractivity contribution in [2.24, 2.45) is 10.7 Å². The van der Waals surface area contributed by atoms with Crippen LogP contribution >= 0.6 is 0 Å². The molecule has 2 aliphatic rings. The van der Waals surface area contributed by atoms with Gasteiger partial charge in [-0.25, -0.2) is 4.79 Å². The van der Waals surface area contributed by atoms with Crippen molar-refractivity contribution in [3.8, 4) is 0 Å². The Morgan fingerprint density at radius 2 is 2.21 bits per heavy atom. The van der Waals surface area contributed by atoms with Gasteiger partial charge in [-0.3, -0.25) is 0 Å². The Bertz CT molecular complexity index is 391. The molecule has 2 aliphatic heterocycles. The number of ether oxygens (including phenoxy) is 4. The summed E-state index contributed by atoms with van der Waals surface area (Å²) in [6, 6.07) is -0.0239. The minimum absolute atomic E-state index is 0.0239. The molecule has 0 saturated carbocycles. The van der Waals surface area contributed by atoms with E-state index in [1.54, 1.807) is 20.8 Å². The van der Waals surface area contributed by atoms with Crippen molar-refractivity contribution in [2.75, 3.05) is 6.61 Å². The molecule has 19 heavy (non-hydrogen) atoms. The lowest BCUT2D eigenvalue weighted by molar-refractivity contribution is -0.0680. The molecule has 2 heterocycles. The van der Waals surface area contributed by atoms with E-state index < -0.39 is 36.3 Å². The number of amidine groups is 1. The summed E-state index contributed by atoms with van der Waals surface area (Å²) >= 11 is 0. The molecular formula is C11H18N2O6. The first kappa shape index (κ1) is 13.9. The number of fused-ring (bicyclic) bond motifs is 1. The monoisotopic (exact) mass is 274 g/mol. The lowest BCUT2D eigenvalue weighted by Gasteiger charge is -2.24. The molecule has 0 amide bonds. The van der Waals surface area contributed by atoms with Gasteiger partial charge in [-0.15, -0.1) is 0 Å². The first-order valence-corrected chi connectivity index (χ1v) is 5.96. The summed E-state index contributed by atoms with van der Waals surface area (Å²) in [6.07, 6.45) is -3.68. The fraction of sp³-hybridized carbons (Fsp3) is 0.818. The van der Waals surface area contributed by atoms with E-state index >= 15 is 0 Å². The van der Waals surface area contributed by atoms with Crippen LogP contribution in [0.5, 0.6) is 0 Å². The van der Waals surface area contributed by atoms with Crippen LogP contribution in [0.2, 0.25) is 0 Å². The average molecular weight is 274 g/mol. The normalized spacial score (nSPS) is 33.4. The Balaban J connectivity index is 2.00. The molecule has 0 unspecified atom stereocenters. The van der Waals surface area contributed by atoms with Crippen LogP contribution in [0.4, 0.5) is 4.79 Å². The molecule has 8 nitrogen and oxygen atoms in total. The van der Waals surface area contributed by atoms with Gasteiger partial charge in [0.05, 0.1) is 6.61 Å². The molecule has 0 aliphatic carbocycles. The van der Waals surface area contributed by atoms with Crippen molar-refractivity contribution < 1.29 is 28.8 Å². The third kappa shape index (κ3) is 3.07. The molecule has 3 N–H and O–H groups in total. The van der Waals surface area contributed by atoms with Crippen LogP contribution in [0.3, 0.4) is 0 Å². The molecule has 4 atom stereocenters. The van der Waals surface area contributed by atoms with E-state index in [-0.39, 0.29) is 12.6 Å². The van der Waals surface area contributed by atoms with Crippen LogP contribution in [0.1, 0.15) is 20.8 Å². The molecule has 1 fully saturated rings. The summed E-state index contributed by atoms with van der Waals surface area (Å²) in [5.74, 6) is 0. The van der Waals surface area contributed by atoms with E-state index in [9.17, 15) is 9.90 Å². The van der Waals surface area contributed by atoms with Crippen LogP contribution in [-0.4, -0.2) is 54.0 Å². The fourth-order valence-electron chi connectivity index (χ4n) is 1.91. The summed E-state index contributed by atoms with van der Waals surface area (Å²) in [5.41, 5.74) is 4.75. The average Bonchev–Trinajstić information content (AvgIpc) is 2.73. The van der Waals surface area contributed by atoms with Gasteiger partial charge in [-0.2, -0.15) is 4.99 Å². The van der Waals surface area contributed by atoms with Gasteiger partial charge in [0.15, 0.2) is 18.4 Å². The Kier molecular flexibility index (Phi) is 3.55. The molecule has 8 heteroatoms. The fourth-order valence-corrected chi connectivity index (χ4v) is 1.91. The van der Waals surface area contributed by atoms with Gasteiger partial charge in [0, 0.05) is 0 Å². The van der Waals surface area contributed by atoms with Crippen LogP contribution in [0.15, 0.2) is 4.99 Å². The number of carbonyl (C=O) groups is 1. The van der Waals surface area contributed by atoms with E-state index in [0.29, 0.717) is 0 Å². The maximum absolute atomic E-state index is 11.6. The predicted molar refractivity (Wildman–Crippen MR) is 63.3 cm³/mol. The zero-order valence-corrected chi connectivity index (χ0v) is 11.0. The highest BCUT2D eigenvalue weighted by atomic mass is 16.8. The second kappa shape index (κ2) is 4.86. The van der Waals surface area contributed by atoms with Gasteiger partial charge in [0.25, 0.3) is 6.02 Å². The summed E-state index contributed by atoms with van der Waals surface area (Å²) in [7, 11) is 0. The maximum atomic E-state index is 11.6. The van der Waals surface area contributed by atoms with Gasteiger partial charge >= 0.3 is 6.16 Å². The van der Waals surface area contributed by atoms with Crippen molar-refractivity contribution in [1.82, 2.24) is 0 Å². The van der Waals surface area contributed by atoms with Crippen molar-refractivity contribution in [3.05, 3.63) is 0 Å². The van der Waals surface area contributed by atoms with Crippen LogP contribution in [0.25, 0.3) is 0 Å².